The summed E-state index contributed by atoms with van der Waals surface area (Å²) in [4.78, 5) is 0. The Kier molecular flexibility index (Phi) is 5.16. The number of benzene rings is 1. The minimum atomic E-state index is -3.81. The number of nitrogens with one attached hydrogen (secondary N) is 2. The van der Waals surface area contributed by atoms with E-state index in [9.17, 15) is 8.42 Å². The Morgan fingerprint density at radius 3 is 2.43 bits per heavy atom. The molecule has 0 fully saturated rings. The first-order valence-electron chi connectivity index (χ1n) is 6.19. The van der Waals surface area contributed by atoms with Gasteiger partial charge in [0.1, 0.15) is 5.76 Å². The summed E-state index contributed by atoms with van der Waals surface area (Å²) in [6.45, 7) is 3.18. The summed E-state index contributed by atoms with van der Waals surface area (Å²) in [6, 6.07) is 7.46. The number of hydrogen-bond donors (Lipinski definition) is 2. The molecule has 0 aliphatic heterocycles. The Labute approximate surface area is 133 Å². The van der Waals surface area contributed by atoms with Crippen molar-refractivity contribution < 1.29 is 12.8 Å². The summed E-state index contributed by atoms with van der Waals surface area (Å²) in [5, 5.41) is 3.57. The van der Waals surface area contributed by atoms with Gasteiger partial charge in [-0.1, -0.05) is 30.1 Å². The molecule has 1 heterocycles. The van der Waals surface area contributed by atoms with Gasteiger partial charge in [-0.15, -0.1) is 0 Å². The molecule has 21 heavy (non-hydrogen) atoms. The Morgan fingerprint density at radius 1 is 1.14 bits per heavy atom. The summed E-state index contributed by atoms with van der Waals surface area (Å²) < 4.78 is 32.1. The number of hydrogen-bond acceptors (Lipinski definition) is 4. The lowest BCUT2D eigenvalue weighted by atomic mass is 10.3. The van der Waals surface area contributed by atoms with E-state index >= 15 is 0 Å². The summed E-state index contributed by atoms with van der Waals surface area (Å²) in [5.41, 5.74) is 0.275. The van der Waals surface area contributed by atoms with E-state index in [0.717, 1.165) is 6.54 Å². The van der Waals surface area contributed by atoms with Crippen LogP contribution in [-0.2, 0) is 16.6 Å². The maximum Gasteiger partial charge on any atom is 0.295 e. The molecule has 1 aromatic carbocycles. The van der Waals surface area contributed by atoms with Gasteiger partial charge in [0.2, 0.25) is 5.09 Å². The molecule has 0 unspecified atom stereocenters. The Balaban J connectivity index is 2.19. The fourth-order valence-corrected chi connectivity index (χ4v) is 3.18. The van der Waals surface area contributed by atoms with Crippen molar-refractivity contribution in [3.8, 4) is 0 Å². The molecule has 1 aromatic heterocycles. The predicted octanol–water partition coefficient (Wildman–Crippen LogP) is 3.50. The SMILES string of the molecule is CCNCc1ccc(S(=O)(=O)Nc2cc(Cl)cc(Cl)c2)o1. The van der Waals surface area contributed by atoms with Crippen LogP contribution in [0.2, 0.25) is 10.0 Å². The van der Waals surface area contributed by atoms with E-state index < -0.39 is 10.0 Å². The molecule has 2 aromatic rings. The predicted molar refractivity (Wildman–Crippen MR) is 83.4 cm³/mol. The highest BCUT2D eigenvalue weighted by atomic mass is 35.5. The zero-order chi connectivity index (χ0) is 15.5. The summed E-state index contributed by atoms with van der Waals surface area (Å²) in [6.07, 6.45) is 0. The molecule has 0 radical (unpaired) electrons. The average molecular weight is 349 g/mol. The molecular formula is C13H14Cl2N2O3S. The van der Waals surface area contributed by atoms with Gasteiger partial charge in [-0.25, -0.2) is 0 Å². The third-order valence-corrected chi connectivity index (χ3v) is 4.26. The lowest BCUT2D eigenvalue weighted by molar-refractivity contribution is 0.405. The molecule has 0 bridgehead atoms. The van der Waals surface area contributed by atoms with Gasteiger partial charge in [0, 0.05) is 10.0 Å². The van der Waals surface area contributed by atoms with E-state index in [1.54, 1.807) is 6.07 Å². The zero-order valence-corrected chi connectivity index (χ0v) is 13.5. The van der Waals surface area contributed by atoms with E-state index in [4.69, 9.17) is 27.6 Å². The molecule has 8 heteroatoms. The van der Waals surface area contributed by atoms with E-state index in [2.05, 4.69) is 10.0 Å². The van der Waals surface area contributed by atoms with Crippen LogP contribution in [0.1, 0.15) is 12.7 Å². The van der Waals surface area contributed by atoms with Crippen LogP contribution in [0.25, 0.3) is 0 Å². The molecule has 0 aliphatic rings. The summed E-state index contributed by atoms with van der Waals surface area (Å²) in [7, 11) is -3.81. The highest BCUT2D eigenvalue weighted by molar-refractivity contribution is 7.92. The van der Waals surface area contributed by atoms with E-state index in [0.29, 0.717) is 22.4 Å². The number of furan rings is 1. The molecule has 0 saturated heterocycles. The molecule has 0 saturated carbocycles. The number of halogens is 2. The van der Waals surface area contributed by atoms with Crippen LogP contribution in [0.3, 0.4) is 0 Å². The second-order valence-electron chi connectivity index (χ2n) is 4.26. The van der Waals surface area contributed by atoms with E-state index in [1.165, 1.54) is 24.3 Å². The highest BCUT2D eigenvalue weighted by Crippen LogP contribution is 2.25. The molecular weight excluding hydrogens is 335 g/mol. The topological polar surface area (TPSA) is 71.3 Å². The molecule has 2 rings (SSSR count). The normalized spacial score (nSPS) is 11.6. The standard InChI is InChI=1S/C13H14Cl2N2O3S/c1-2-16-8-12-3-4-13(20-12)21(18,19)17-11-6-9(14)5-10(15)7-11/h3-7,16-17H,2,8H2,1H3. The maximum absolute atomic E-state index is 12.2. The Hall–Kier alpha value is -1.21. The lowest BCUT2D eigenvalue weighted by Crippen LogP contribution is -2.13. The second kappa shape index (κ2) is 6.70. The highest BCUT2D eigenvalue weighted by Gasteiger charge is 2.19. The first-order valence-corrected chi connectivity index (χ1v) is 8.43. The minimum Gasteiger partial charge on any atom is -0.446 e. The van der Waals surface area contributed by atoms with E-state index in [-0.39, 0.29) is 10.8 Å². The molecule has 0 amide bonds. The van der Waals surface area contributed by atoms with Gasteiger partial charge in [0.05, 0.1) is 12.2 Å². The van der Waals surface area contributed by atoms with Crippen LogP contribution in [0.4, 0.5) is 5.69 Å². The zero-order valence-electron chi connectivity index (χ0n) is 11.2. The van der Waals surface area contributed by atoms with Crippen molar-refractivity contribution in [3.05, 3.63) is 46.1 Å². The van der Waals surface area contributed by atoms with Gasteiger partial charge < -0.3 is 9.73 Å². The Morgan fingerprint density at radius 2 is 1.81 bits per heavy atom. The van der Waals surface area contributed by atoms with Crippen molar-refractivity contribution in [3.63, 3.8) is 0 Å². The summed E-state index contributed by atoms with van der Waals surface area (Å²) >= 11 is 11.7. The van der Waals surface area contributed by atoms with Gasteiger partial charge in [-0.2, -0.15) is 8.42 Å². The fourth-order valence-electron chi connectivity index (χ4n) is 1.66. The van der Waals surface area contributed by atoms with Crippen LogP contribution in [-0.4, -0.2) is 15.0 Å². The number of rotatable bonds is 6. The van der Waals surface area contributed by atoms with Crippen molar-refractivity contribution in [1.82, 2.24) is 5.32 Å². The average Bonchev–Trinajstić information content (AvgIpc) is 2.84. The van der Waals surface area contributed by atoms with Crippen molar-refractivity contribution in [2.75, 3.05) is 11.3 Å². The van der Waals surface area contributed by atoms with Gasteiger partial charge in [0.15, 0.2) is 0 Å². The third-order valence-electron chi connectivity index (χ3n) is 2.57. The van der Waals surface area contributed by atoms with Crippen LogP contribution in [0, 0.1) is 0 Å². The molecule has 0 atom stereocenters. The third kappa shape index (κ3) is 4.38. The molecule has 5 nitrogen and oxygen atoms in total. The maximum atomic E-state index is 12.2. The van der Waals surface area contributed by atoms with Gasteiger partial charge in [0.25, 0.3) is 10.0 Å². The molecule has 2 N–H and O–H groups in total. The second-order valence-corrected chi connectivity index (χ2v) is 6.75. The van der Waals surface area contributed by atoms with Crippen molar-refractivity contribution in [2.24, 2.45) is 0 Å². The first kappa shape index (κ1) is 16.2. The van der Waals surface area contributed by atoms with Crippen LogP contribution in [0.5, 0.6) is 0 Å². The quantitative estimate of drug-likeness (QED) is 0.837. The fraction of sp³-hybridized carbons (Fsp3) is 0.231. The molecule has 0 aliphatic carbocycles. The summed E-state index contributed by atoms with van der Waals surface area (Å²) in [5.74, 6) is 0.543. The van der Waals surface area contributed by atoms with Gasteiger partial charge >= 0.3 is 0 Å². The van der Waals surface area contributed by atoms with Crippen molar-refractivity contribution >= 4 is 38.9 Å². The molecule has 114 valence electrons. The molecule has 0 spiro atoms. The minimum absolute atomic E-state index is 0.161. The largest absolute Gasteiger partial charge is 0.446 e. The number of anilines is 1. The smallest absolute Gasteiger partial charge is 0.295 e. The monoisotopic (exact) mass is 348 g/mol. The van der Waals surface area contributed by atoms with Crippen LogP contribution < -0.4 is 10.0 Å². The van der Waals surface area contributed by atoms with Crippen LogP contribution >= 0.6 is 23.2 Å². The van der Waals surface area contributed by atoms with Crippen molar-refractivity contribution in [1.29, 1.82) is 0 Å². The first-order chi connectivity index (χ1) is 9.90. The Bertz CT molecular complexity index is 709. The van der Waals surface area contributed by atoms with Gasteiger partial charge in [-0.05, 0) is 36.9 Å². The van der Waals surface area contributed by atoms with Crippen molar-refractivity contribution in [2.45, 2.75) is 18.6 Å². The van der Waals surface area contributed by atoms with Crippen LogP contribution in [0.15, 0.2) is 39.8 Å². The van der Waals surface area contributed by atoms with Gasteiger partial charge in [-0.3, -0.25) is 4.72 Å². The van der Waals surface area contributed by atoms with E-state index in [1.807, 2.05) is 6.92 Å². The number of sulfonamides is 1. The lowest BCUT2D eigenvalue weighted by Gasteiger charge is -2.06.